The zero-order valence-corrected chi connectivity index (χ0v) is 14.0. The second-order valence-corrected chi connectivity index (χ2v) is 6.47. The maximum Gasteiger partial charge on any atom is 0.273 e. The lowest BCUT2D eigenvalue weighted by Gasteiger charge is -2.13. The van der Waals surface area contributed by atoms with Crippen LogP contribution in [-0.2, 0) is 11.2 Å². The standard InChI is InChI=1S/C17H18N4O2S/c1-11(16(22)18-9-8-12-5-4-10-24-12)19-17(23)15-13-6-2-3-7-14(13)20-21-15/h2-7,10-11H,8-9H2,1H3,(H,18,22)(H,19,23)(H,20,21)/t11-/m1/s1. The maximum absolute atomic E-state index is 12.3. The molecule has 3 rings (SSSR count). The molecule has 0 saturated carbocycles. The minimum atomic E-state index is -0.628. The van der Waals surface area contributed by atoms with Gasteiger partial charge in [-0.1, -0.05) is 24.3 Å². The molecular weight excluding hydrogens is 324 g/mol. The molecule has 0 bridgehead atoms. The summed E-state index contributed by atoms with van der Waals surface area (Å²) in [7, 11) is 0. The first kappa shape index (κ1) is 16.2. The second kappa shape index (κ2) is 7.27. The Hall–Kier alpha value is -2.67. The number of hydrogen-bond acceptors (Lipinski definition) is 4. The third kappa shape index (κ3) is 3.62. The smallest absolute Gasteiger partial charge is 0.273 e. The van der Waals surface area contributed by atoms with E-state index in [-0.39, 0.29) is 11.8 Å². The van der Waals surface area contributed by atoms with Crippen LogP contribution in [0.1, 0.15) is 22.3 Å². The number of nitrogens with one attached hydrogen (secondary N) is 3. The Balaban J connectivity index is 1.54. The molecule has 3 N–H and O–H groups in total. The molecule has 24 heavy (non-hydrogen) atoms. The van der Waals surface area contributed by atoms with E-state index >= 15 is 0 Å². The Labute approximate surface area is 143 Å². The molecule has 0 saturated heterocycles. The van der Waals surface area contributed by atoms with Gasteiger partial charge in [0.2, 0.25) is 5.91 Å². The van der Waals surface area contributed by atoms with Gasteiger partial charge in [-0.2, -0.15) is 5.10 Å². The van der Waals surface area contributed by atoms with Gasteiger partial charge in [-0.25, -0.2) is 0 Å². The van der Waals surface area contributed by atoms with Crippen LogP contribution in [0.25, 0.3) is 10.9 Å². The summed E-state index contributed by atoms with van der Waals surface area (Å²) in [6, 6.07) is 10.8. The monoisotopic (exact) mass is 342 g/mol. The Kier molecular flexibility index (Phi) is 4.90. The van der Waals surface area contributed by atoms with Gasteiger partial charge in [-0.3, -0.25) is 14.7 Å². The number of amides is 2. The van der Waals surface area contributed by atoms with Crippen molar-refractivity contribution in [3.8, 4) is 0 Å². The Bertz CT molecular complexity index is 841. The van der Waals surface area contributed by atoms with Crippen molar-refractivity contribution >= 4 is 34.1 Å². The molecule has 124 valence electrons. The van der Waals surface area contributed by atoms with Gasteiger partial charge in [0.15, 0.2) is 5.69 Å². The third-order valence-corrected chi connectivity index (χ3v) is 4.61. The number of carbonyl (C=O) groups is 2. The fourth-order valence-electron chi connectivity index (χ4n) is 2.38. The summed E-state index contributed by atoms with van der Waals surface area (Å²) < 4.78 is 0. The van der Waals surface area contributed by atoms with Crippen LogP contribution in [-0.4, -0.2) is 34.6 Å². The highest BCUT2D eigenvalue weighted by atomic mass is 32.1. The van der Waals surface area contributed by atoms with Gasteiger partial charge in [0.05, 0.1) is 5.52 Å². The highest BCUT2D eigenvalue weighted by Gasteiger charge is 2.19. The molecule has 2 amide bonds. The van der Waals surface area contributed by atoms with Crippen molar-refractivity contribution in [2.75, 3.05) is 6.54 Å². The fourth-order valence-corrected chi connectivity index (χ4v) is 3.09. The van der Waals surface area contributed by atoms with Gasteiger partial charge in [-0.05, 0) is 30.9 Å². The van der Waals surface area contributed by atoms with Crippen molar-refractivity contribution in [2.24, 2.45) is 0 Å². The van der Waals surface area contributed by atoms with Crippen LogP contribution in [0.3, 0.4) is 0 Å². The summed E-state index contributed by atoms with van der Waals surface area (Å²) in [4.78, 5) is 25.6. The molecule has 7 heteroatoms. The number of nitrogens with zero attached hydrogens (tertiary/aromatic N) is 1. The molecule has 0 unspecified atom stereocenters. The van der Waals surface area contributed by atoms with Crippen LogP contribution in [0, 0.1) is 0 Å². The van der Waals surface area contributed by atoms with Gasteiger partial charge in [0.1, 0.15) is 6.04 Å². The fraction of sp³-hybridized carbons (Fsp3) is 0.235. The van der Waals surface area contributed by atoms with Gasteiger partial charge < -0.3 is 10.6 Å². The summed E-state index contributed by atoms with van der Waals surface area (Å²) in [5.74, 6) is -0.576. The zero-order valence-electron chi connectivity index (χ0n) is 13.2. The van der Waals surface area contributed by atoms with E-state index < -0.39 is 6.04 Å². The van der Waals surface area contributed by atoms with Crippen LogP contribution in [0.4, 0.5) is 0 Å². The first-order chi connectivity index (χ1) is 11.6. The highest BCUT2D eigenvalue weighted by molar-refractivity contribution is 7.09. The average molecular weight is 342 g/mol. The highest BCUT2D eigenvalue weighted by Crippen LogP contribution is 2.14. The van der Waals surface area contributed by atoms with Gasteiger partial charge >= 0.3 is 0 Å². The van der Waals surface area contributed by atoms with E-state index in [1.165, 1.54) is 4.88 Å². The number of fused-ring (bicyclic) bond motifs is 1. The van der Waals surface area contributed by atoms with Gasteiger partial charge in [0, 0.05) is 16.8 Å². The Morgan fingerprint density at radius 3 is 2.88 bits per heavy atom. The minimum absolute atomic E-state index is 0.209. The zero-order chi connectivity index (χ0) is 16.9. The lowest BCUT2D eigenvalue weighted by Crippen LogP contribution is -2.45. The Morgan fingerprint density at radius 2 is 2.08 bits per heavy atom. The summed E-state index contributed by atoms with van der Waals surface area (Å²) >= 11 is 1.66. The maximum atomic E-state index is 12.3. The number of carbonyl (C=O) groups excluding carboxylic acids is 2. The van der Waals surface area contributed by atoms with Gasteiger partial charge in [0.25, 0.3) is 5.91 Å². The average Bonchev–Trinajstić information content (AvgIpc) is 3.24. The summed E-state index contributed by atoms with van der Waals surface area (Å²) in [5.41, 5.74) is 1.08. The van der Waals surface area contributed by atoms with Crippen molar-refractivity contribution in [3.05, 3.63) is 52.3 Å². The number of thiophene rings is 1. The number of aromatic nitrogens is 2. The predicted octanol–water partition coefficient (Wildman–Crippen LogP) is 2.10. The number of para-hydroxylation sites is 1. The van der Waals surface area contributed by atoms with E-state index in [9.17, 15) is 9.59 Å². The minimum Gasteiger partial charge on any atom is -0.354 e. The van der Waals surface area contributed by atoms with Crippen molar-refractivity contribution in [2.45, 2.75) is 19.4 Å². The molecule has 0 radical (unpaired) electrons. The largest absolute Gasteiger partial charge is 0.354 e. The molecule has 0 aliphatic carbocycles. The summed E-state index contributed by atoms with van der Waals surface area (Å²) in [6.07, 6.45) is 0.786. The van der Waals surface area contributed by atoms with E-state index in [4.69, 9.17) is 0 Å². The van der Waals surface area contributed by atoms with E-state index in [0.29, 0.717) is 12.2 Å². The first-order valence-electron chi connectivity index (χ1n) is 7.69. The van der Waals surface area contributed by atoms with Crippen LogP contribution in [0.5, 0.6) is 0 Å². The summed E-state index contributed by atoms with van der Waals surface area (Å²) in [6.45, 7) is 2.21. The SMILES string of the molecule is C[C@@H](NC(=O)c1n[nH]c2ccccc12)C(=O)NCCc1cccs1. The Morgan fingerprint density at radius 1 is 1.25 bits per heavy atom. The van der Waals surface area contributed by atoms with Gasteiger partial charge in [-0.15, -0.1) is 11.3 Å². The molecular formula is C17H18N4O2S. The molecule has 6 nitrogen and oxygen atoms in total. The molecule has 2 aromatic heterocycles. The van der Waals surface area contributed by atoms with Crippen molar-refractivity contribution in [3.63, 3.8) is 0 Å². The van der Waals surface area contributed by atoms with E-state index in [1.807, 2.05) is 41.8 Å². The lowest BCUT2D eigenvalue weighted by atomic mass is 10.2. The number of H-pyrrole nitrogens is 1. The van der Waals surface area contributed by atoms with E-state index in [2.05, 4.69) is 20.8 Å². The number of hydrogen-bond donors (Lipinski definition) is 3. The topological polar surface area (TPSA) is 86.9 Å². The molecule has 0 aliphatic rings. The van der Waals surface area contributed by atoms with E-state index in [0.717, 1.165) is 17.3 Å². The number of aromatic amines is 1. The molecule has 0 spiro atoms. The van der Waals surface area contributed by atoms with Crippen LogP contribution in [0.15, 0.2) is 41.8 Å². The molecule has 0 fully saturated rings. The normalized spacial score (nSPS) is 12.0. The second-order valence-electron chi connectivity index (χ2n) is 5.43. The quantitative estimate of drug-likeness (QED) is 0.641. The number of benzene rings is 1. The first-order valence-corrected chi connectivity index (χ1v) is 8.57. The molecule has 0 aliphatic heterocycles. The summed E-state index contributed by atoms with van der Waals surface area (Å²) in [5, 5.41) is 15.1. The molecule has 1 aromatic carbocycles. The third-order valence-electron chi connectivity index (χ3n) is 3.68. The molecule has 1 atom stereocenters. The molecule has 2 heterocycles. The van der Waals surface area contributed by atoms with Crippen LogP contribution in [0.2, 0.25) is 0 Å². The van der Waals surface area contributed by atoms with Crippen molar-refractivity contribution in [1.82, 2.24) is 20.8 Å². The predicted molar refractivity (Wildman–Crippen MR) is 94.1 cm³/mol. The lowest BCUT2D eigenvalue weighted by molar-refractivity contribution is -0.122. The van der Waals surface area contributed by atoms with Crippen molar-refractivity contribution < 1.29 is 9.59 Å². The number of rotatable bonds is 6. The van der Waals surface area contributed by atoms with E-state index in [1.54, 1.807) is 18.3 Å². The van der Waals surface area contributed by atoms with Crippen LogP contribution >= 0.6 is 11.3 Å². The van der Waals surface area contributed by atoms with Crippen LogP contribution < -0.4 is 10.6 Å². The molecule has 3 aromatic rings. The van der Waals surface area contributed by atoms with Crippen molar-refractivity contribution in [1.29, 1.82) is 0 Å².